The summed E-state index contributed by atoms with van der Waals surface area (Å²) in [7, 11) is 0. The summed E-state index contributed by atoms with van der Waals surface area (Å²) >= 11 is 3.68. The van der Waals surface area contributed by atoms with Crippen molar-refractivity contribution in [3.8, 4) is 11.5 Å². The van der Waals surface area contributed by atoms with E-state index >= 15 is 0 Å². The molecule has 0 amide bonds. The summed E-state index contributed by atoms with van der Waals surface area (Å²) in [6.07, 6.45) is 0. The van der Waals surface area contributed by atoms with E-state index in [0.717, 1.165) is 81.8 Å². The predicted octanol–water partition coefficient (Wildman–Crippen LogP) is 12.1. The minimum absolute atomic E-state index is 0.00232. The Morgan fingerprint density at radius 2 is 1.21 bits per heavy atom. The molecule has 0 atom stereocenters. The number of furan rings is 3. The summed E-state index contributed by atoms with van der Waals surface area (Å²) in [5.41, 5.74) is 9.84. The maximum absolute atomic E-state index is 7.05. The molecule has 0 saturated heterocycles. The fourth-order valence-electron chi connectivity index (χ4n) is 9.21. The SMILES string of the molecule is CC(C)(C)c1ccc2oc3c4c(c5sc6ccccc6c5c3c2c1)B1c2c(cccc2S4)Oc2c1c1oc3ccccc3c1c1c2oc2ccccc21. The highest BCUT2D eigenvalue weighted by atomic mass is 32.2. The minimum atomic E-state index is -0.194. The summed E-state index contributed by atoms with van der Waals surface area (Å²) < 4.78 is 30.5. The van der Waals surface area contributed by atoms with Gasteiger partial charge in [0.25, 0.3) is 6.71 Å². The zero-order valence-corrected chi connectivity index (χ0v) is 30.6. The highest BCUT2D eigenvalue weighted by Crippen LogP contribution is 2.51. The van der Waals surface area contributed by atoms with Crippen LogP contribution in [-0.4, -0.2) is 6.71 Å². The van der Waals surface area contributed by atoms with Gasteiger partial charge in [0, 0.05) is 62.8 Å². The van der Waals surface area contributed by atoms with E-state index in [4.69, 9.17) is 18.0 Å². The van der Waals surface area contributed by atoms with Crippen molar-refractivity contribution in [2.75, 3.05) is 0 Å². The summed E-state index contributed by atoms with van der Waals surface area (Å²) in [5, 5.41) is 9.08. The van der Waals surface area contributed by atoms with E-state index in [1.54, 1.807) is 11.8 Å². The molecular weight excluding hydrogens is 691 g/mol. The molecule has 11 aromatic rings. The fourth-order valence-corrected chi connectivity index (χ4v) is 11.8. The van der Waals surface area contributed by atoms with Gasteiger partial charge in [0.1, 0.15) is 33.7 Å². The minimum Gasteiger partial charge on any atom is -0.456 e. The zero-order valence-electron chi connectivity index (χ0n) is 28.9. The zero-order chi connectivity index (χ0) is 34.9. The normalized spacial score (nSPS) is 14.0. The second kappa shape index (κ2) is 9.67. The third kappa shape index (κ3) is 3.55. The second-order valence-corrected chi connectivity index (χ2v) is 17.6. The third-order valence-corrected chi connectivity index (χ3v) is 13.9. The summed E-state index contributed by atoms with van der Waals surface area (Å²) in [5.74, 6) is 1.58. The molecule has 250 valence electrons. The molecule has 0 N–H and O–H groups in total. The molecule has 0 unspecified atom stereocenters. The van der Waals surface area contributed by atoms with Crippen LogP contribution >= 0.6 is 23.1 Å². The number of hydrogen-bond acceptors (Lipinski definition) is 6. The molecular formula is C46H27BO4S2. The van der Waals surface area contributed by atoms with Crippen molar-refractivity contribution in [3.05, 3.63) is 115 Å². The number of fused-ring (bicyclic) bond motifs is 22. The highest BCUT2D eigenvalue weighted by molar-refractivity contribution is 8.00. The van der Waals surface area contributed by atoms with Gasteiger partial charge in [-0.1, -0.05) is 99.3 Å². The van der Waals surface area contributed by atoms with Crippen molar-refractivity contribution in [1.29, 1.82) is 0 Å². The van der Waals surface area contributed by atoms with Crippen LogP contribution in [0.3, 0.4) is 0 Å². The van der Waals surface area contributed by atoms with E-state index < -0.39 is 0 Å². The first-order valence-corrected chi connectivity index (χ1v) is 19.7. The standard InChI is InChI=1S/C46H27BO4S2/c1-46(2,3)22-19-20-29-26(21-22)35-36-25-13-6-9-17-31(25)52-44(36)39-45(42(35)50-29)53-32-18-10-16-30-37(32)47(39)38-40-33(23-11-4-7-14-27(23)48-40)34-24-12-5-8-15-28(24)49-41(34)43(38)51-30/h4-21H,1-3H3. The van der Waals surface area contributed by atoms with Gasteiger partial charge in [0.15, 0.2) is 11.3 Å². The number of benzene rings is 7. The third-order valence-electron chi connectivity index (χ3n) is 11.5. The lowest BCUT2D eigenvalue weighted by Crippen LogP contribution is -2.58. The molecule has 53 heavy (non-hydrogen) atoms. The number of hydrogen-bond donors (Lipinski definition) is 0. The molecule has 0 radical (unpaired) electrons. The lowest BCUT2D eigenvalue weighted by atomic mass is 9.35. The Kier molecular flexibility index (Phi) is 5.27. The van der Waals surface area contributed by atoms with E-state index in [-0.39, 0.29) is 12.1 Å². The summed E-state index contributed by atoms with van der Waals surface area (Å²) in [4.78, 5) is 2.32. The van der Waals surface area contributed by atoms with Crippen molar-refractivity contribution >= 4 is 132 Å². The van der Waals surface area contributed by atoms with Gasteiger partial charge < -0.3 is 18.0 Å². The molecule has 7 heteroatoms. The van der Waals surface area contributed by atoms with Crippen LogP contribution in [0.1, 0.15) is 26.3 Å². The Bertz CT molecular complexity index is 3460. The van der Waals surface area contributed by atoms with Crippen LogP contribution in [0.25, 0.3) is 86.0 Å². The lowest BCUT2D eigenvalue weighted by Gasteiger charge is -2.33. The first-order chi connectivity index (χ1) is 25.9. The van der Waals surface area contributed by atoms with Gasteiger partial charge in [-0.05, 0) is 64.4 Å². The van der Waals surface area contributed by atoms with E-state index in [0.29, 0.717) is 0 Å². The molecule has 13 rings (SSSR count). The van der Waals surface area contributed by atoms with E-state index in [2.05, 4.69) is 112 Å². The van der Waals surface area contributed by atoms with Gasteiger partial charge in [0.2, 0.25) is 0 Å². The van der Waals surface area contributed by atoms with E-state index in [1.165, 1.54) is 47.4 Å². The Labute approximate surface area is 311 Å². The average Bonchev–Trinajstić information content (AvgIpc) is 3.94. The molecule has 0 bridgehead atoms. The number of para-hydroxylation sites is 2. The van der Waals surface area contributed by atoms with Crippen LogP contribution in [0.15, 0.2) is 132 Å². The molecule has 0 saturated carbocycles. The first kappa shape index (κ1) is 28.9. The topological polar surface area (TPSA) is 48.7 Å². The van der Waals surface area contributed by atoms with Crippen molar-refractivity contribution in [3.63, 3.8) is 0 Å². The van der Waals surface area contributed by atoms with Crippen molar-refractivity contribution in [2.24, 2.45) is 0 Å². The van der Waals surface area contributed by atoms with E-state index in [9.17, 15) is 0 Å². The summed E-state index contributed by atoms with van der Waals surface area (Å²) in [6, 6.07) is 38.7. The molecule has 6 heterocycles. The van der Waals surface area contributed by atoms with Crippen LogP contribution < -0.4 is 21.1 Å². The molecule has 2 aliphatic heterocycles. The molecule has 4 nitrogen and oxygen atoms in total. The fraction of sp³-hybridized carbons (Fsp3) is 0.0870. The predicted molar refractivity (Wildman–Crippen MR) is 222 cm³/mol. The molecule has 7 aromatic carbocycles. The Balaban J connectivity index is 1.26. The Morgan fingerprint density at radius 1 is 0.547 bits per heavy atom. The molecule has 4 aromatic heterocycles. The smallest absolute Gasteiger partial charge is 0.261 e. The first-order valence-electron chi connectivity index (χ1n) is 18.0. The van der Waals surface area contributed by atoms with Gasteiger partial charge in [0.05, 0.1) is 4.90 Å². The van der Waals surface area contributed by atoms with Gasteiger partial charge in [-0.2, -0.15) is 0 Å². The van der Waals surface area contributed by atoms with Crippen LogP contribution in [-0.2, 0) is 5.41 Å². The lowest BCUT2D eigenvalue weighted by molar-refractivity contribution is 0.479. The van der Waals surface area contributed by atoms with Gasteiger partial charge >= 0.3 is 0 Å². The van der Waals surface area contributed by atoms with Gasteiger partial charge in [-0.3, -0.25) is 0 Å². The molecule has 0 fully saturated rings. The van der Waals surface area contributed by atoms with Gasteiger partial charge in [-0.15, -0.1) is 11.3 Å². The van der Waals surface area contributed by atoms with Crippen LogP contribution in [0.4, 0.5) is 0 Å². The molecule has 0 aliphatic carbocycles. The average molecular weight is 719 g/mol. The highest BCUT2D eigenvalue weighted by Gasteiger charge is 2.46. The van der Waals surface area contributed by atoms with Crippen molar-refractivity contribution in [1.82, 2.24) is 0 Å². The Hall–Kier alpha value is -5.63. The van der Waals surface area contributed by atoms with Gasteiger partial charge in [-0.25, -0.2) is 0 Å². The number of thiophene rings is 1. The molecule has 0 spiro atoms. The monoisotopic (exact) mass is 718 g/mol. The van der Waals surface area contributed by atoms with E-state index in [1.807, 2.05) is 29.5 Å². The van der Waals surface area contributed by atoms with Crippen molar-refractivity contribution < 1.29 is 18.0 Å². The van der Waals surface area contributed by atoms with Crippen LogP contribution in [0.2, 0.25) is 0 Å². The maximum Gasteiger partial charge on any atom is 0.261 e. The number of rotatable bonds is 0. The maximum atomic E-state index is 7.05. The Morgan fingerprint density at radius 3 is 2.00 bits per heavy atom. The molecule has 2 aliphatic rings. The van der Waals surface area contributed by atoms with Crippen LogP contribution in [0, 0.1) is 0 Å². The quantitative estimate of drug-likeness (QED) is 0.146. The largest absolute Gasteiger partial charge is 0.456 e. The number of ether oxygens (including phenoxy) is 1. The summed E-state index contributed by atoms with van der Waals surface area (Å²) in [6.45, 7) is 6.63. The van der Waals surface area contributed by atoms with Crippen molar-refractivity contribution in [2.45, 2.75) is 36.0 Å². The van der Waals surface area contributed by atoms with Crippen LogP contribution in [0.5, 0.6) is 11.5 Å². The second-order valence-electron chi connectivity index (χ2n) is 15.5.